The molecule has 1 heterocycles. The van der Waals surface area contributed by atoms with E-state index in [1.807, 2.05) is 0 Å². The van der Waals surface area contributed by atoms with Crippen LogP contribution in [-0.2, 0) is 0 Å². The molecule has 0 fully saturated rings. The average Bonchev–Trinajstić information content (AvgIpc) is 2.77. The van der Waals surface area contributed by atoms with Crippen LogP contribution < -0.4 is 10.6 Å². The minimum absolute atomic E-state index is 0.178. The van der Waals surface area contributed by atoms with Crippen LogP contribution in [0.25, 0.3) is 0 Å². The summed E-state index contributed by atoms with van der Waals surface area (Å²) in [7, 11) is 0. The van der Waals surface area contributed by atoms with E-state index < -0.39 is 12.0 Å². The molecule has 0 aliphatic carbocycles. The van der Waals surface area contributed by atoms with Crippen molar-refractivity contribution in [3.63, 3.8) is 0 Å². The SMILES string of the molecule is Cc1cc(C(=O)O)ccc1NC(=O)Nc1ncc(Br)s1. The first-order chi connectivity index (χ1) is 9.45. The third-order valence-electron chi connectivity index (χ3n) is 2.42. The number of aromatic carboxylic acids is 1. The average molecular weight is 356 g/mol. The number of anilines is 2. The smallest absolute Gasteiger partial charge is 0.335 e. The maximum atomic E-state index is 11.8. The number of amides is 2. The first-order valence-electron chi connectivity index (χ1n) is 5.49. The highest BCUT2D eigenvalue weighted by atomic mass is 79.9. The summed E-state index contributed by atoms with van der Waals surface area (Å²) in [5.74, 6) is -1.00. The number of urea groups is 1. The lowest BCUT2D eigenvalue weighted by atomic mass is 10.1. The van der Waals surface area contributed by atoms with Crippen molar-refractivity contribution < 1.29 is 14.7 Å². The van der Waals surface area contributed by atoms with Gasteiger partial charge in [0.05, 0.1) is 15.5 Å². The van der Waals surface area contributed by atoms with Gasteiger partial charge in [0, 0.05) is 5.69 Å². The minimum atomic E-state index is -1.00. The van der Waals surface area contributed by atoms with E-state index in [1.54, 1.807) is 19.2 Å². The van der Waals surface area contributed by atoms with E-state index in [1.165, 1.54) is 23.5 Å². The molecule has 2 aromatic rings. The van der Waals surface area contributed by atoms with Crippen LogP contribution >= 0.6 is 27.3 Å². The molecule has 0 spiro atoms. The molecule has 3 N–H and O–H groups in total. The second-order valence-electron chi connectivity index (χ2n) is 3.88. The van der Waals surface area contributed by atoms with Gasteiger partial charge in [0.1, 0.15) is 0 Å². The molecule has 2 rings (SSSR count). The Balaban J connectivity index is 2.06. The maximum Gasteiger partial charge on any atom is 0.335 e. The molecule has 1 aromatic carbocycles. The number of rotatable bonds is 3. The second-order valence-corrected chi connectivity index (χ2v) is 6.29. The van der Waals surface area contributed by atoms with Gasteiger partial charge in [-0.05, 0) is 46.6 Å². The summed E-state index contributed by atoms with van der Waals surface area (Å²) < 4.78 is 0.815. The number of aromatic nitrogens is 1. The predicted molar refractivity (Wildman–Crippen MR) is 80.6 cm³/mol. The molecule has 6 nitrogen and oxygen atoms in total. The van der Waals surface area contributed by atoms with Crippen molar-refractivity contribution in [2.45, 2.75) is 6.92 Å². The van der Waals surface area contributed by atoms with Gasteiger partial charge in [-0.25, -0.2) is 14.6 Å². The van der Waals surface area contributed by atoms with Crippen molar-refractivity contribution in [3.05, 3.63) is 39.3 Å². The largest absolute Gasteiger partial charge is 0.478 e. The lowest BCUT2D eigenvalue weighted by molar-refractivity contribution is 0.0697. The Labute approximate surface area is 127 Å². The van der Waals surface area contributed by atoms with Gasteiger partial charge in [0.25, 0.3) is 0 Å². The Kier molecular flexibility index (Phi) is 4.35. The standard InChI is InChI=1S/C12H10BrN3O3S/c1-6-4-7(10(17)18)2-3-8(6)15-11(19)16-12-14-5-9(13)20-12/h2-5H,1H3,(H,17,18)(H2,14,15,16,19). The molecule has 0 aliphatic heterocycles. The second kappa shape index (κ2) is 6.02. The van der Waals surface area contributed by atoms with Crippen LogP contribution in [0.5, 0.6) is 0 Å². The molecule has 0 aliphatic rings. The van der Waals surface area contributed by atoms with Crippen molar-refractivity contribution in [3.8, 4) is 0 Å². The van der Waals surface area contributed by atoms with Crippen LogP contribution in [0.2, 0.25) is 0 Å². The zero-order chi connectivity index (χ0) is 14.7. The van der Waals surface area contributed by atoms with E-state index >= 15 is 0 Å². The Bertz CT molecular complexity index is 672. The number of halogens is 1. The Morgan fingerprint density at radius 1 is 1.35 bits per heavy atom. The van der Waals surface area contributed by atoms with Crippen LogP contribution in [0.15, 0.2) is 28.2 Å². The lowest BCUT2D eigenvalue weighted by Gasteiger charge is -2.09. The van der Waals surface area contributed by atoms with Crippen LogP contribution in [0.3, 0.4) is 0 Å². The van der Waals surface area contributed by atoms with Gasteiger partial charge in [-0.1, -0.05) is 11.3 Å². The number of nitrogens with one attached hydrogen (secondary N) is 2. The minimum Gasteiger partial charge on any atom is -0.478 e. The fraction of sp³-hybridized carbons (Fsp3) is 0.0833. The summed E-state index contributed by atoms with van der Waals surface area (Å²) >= 11 is 4.54. The monoisotopic (exact) mass is 355 g/mol. The summed E-state index contributed by atoms with van der Waals surface area (Å²) in [5, 5.41) is 14.6. The molecule has 0 bridgehead atoms. The summed E-state index contributed by atoms with van der Waals surface area (Å²) in [6.45, 7) is 1.72. The molecular weight excluding hydrogens is 346 g/mol. The summed E-state index contributed by atoms with van der Waals surface area (Å²) in [6.07, 6.45) is 1.59. The molecule has 0 atom stereocenters. The zero-order valence-electron chi connectivity index (χ0n) is 10.3. The molecule has 0 unspecified atom stereocenters. The highest BCUT2D eigenvalue weighted by Crippen LogP contribution is 2.23. The van der Waals surface area contributed by atoms with Crippen LogP contribution in [0.1, 0.15) is 15.9 Å². The summed E-state index contributed by atoms with van der Waals surface area (Å²) in [6, 6.07) is 4.05. The maximum absolute atomic E-state index is 11.8. The van der Waals surface area contributed by atoms with E-state index in [9.17, 15) is 9.59 Å². The van der Waals surface area contributed by atoms with Gasteiger partial charge in [-0.2, -0.15) is 0 Å². The quantitative estimate of drug-likeness (QED) is 0.784. The van der Waals surface area contributed by atoms with E-state index in [0.29, 0.717) is 16.4 Å². The third-order valence-corrected chi connectivity index (χ3v) is 3.81. The Morgan fingerprint density at radius 3 is 2.65 bits per heavy atom. The number of hydrogen-bond donors (Lipinski definition) is 3. The molecule has 0 radical (unpaired) electrons. The highest BCUT2D eigenvalue weighted by Gasteiger charge is 2.09. The van der Waals surface area contributed by atoms with Crippen molar-refractivity contribution in [1.29, 1.82) is 0 Å². The molecule has 104 valence electrons. The van der Waals surface area contributed by atoms with Crippen molar-refractivity contribution in [1.82, 2.24) is 4.98 Å². The van der Waals surface area contributed by atoms with Gasteiger partial charge in [-0.3, -0.25) is 5.32 Å². The number of carboxylic acid groups (broad SMARTS) is 1. The van der Waals surface area contributed by atoms with Crippen molar-refractivity contribution >= 4 is 50.1 Å². The topological polar surface area (TPSA) is 91.3 Å². The molecular formula is C12H10BrN3O3S. The molecule has 1 aromatic heterocycles. The van der Waals surface area contributed by atoms with Gasteiger partial charge >= 0.3 is 12.0 Å². The lowest BCUT2D eigenvalue weighted by Crippen LogP contribution is -2.19. The molecule has 8 heteroatoms. The molecule has 0 saturated heterocycles. The van der Waals surface area contributed by atoms with Crippen molar-refractivity contribution in [2.24, 2.45) is 0 Å². The summed E-state index contributed by atoms with van der Waals surface area (Å²) in [5.41, 5.74) is 1.39. The number of carbonyl (C=O) groups is 2. The van der Waals surface area contributed by atoms with Gasteiger partial charge in [0.15, 0.2) is 5.13 Å². The molecule has 0 saturated carbocycles. The molecule has 2 amide bonds. The first-order valence-corrected chi connectivity index (χ1v) is 7.10. The van der Waals surface area contributed by atoms with Crippen LogP contribution in [-0.4, -0.2) is 22.1 Å². The van der Waals surface area contributed by atoms with E-state index in [-0.39, 0.29) is 5.56 Å². The highest BCUT2D eigenvalue weighted by molar-refractivity contribution is 9.11. The number of carbonyl (C=O) groups excluding carboxylic acids is 1. The number of aryl methyl sites for hydroxylation is 1. The Hall–Kier alpha value is -1.93. The predicted octanol–water partition coefficient (Wildman–Crippen LogP) is 3.56. The number of thiazole rings is 1. The number of benzene rings is 1. The van der Waals surface area contributed by atoms with Crippen LogP contribution in [0.4, 0.5) is 15.6 Å². The van der Waals surface area contributed by atoms with Gasteiger partial charge in [-0.15, -0.1) is 0 Å². The van der Waals surface area contributed by atoms with E-state index in [4.69, 9.17) is 5.11 Å². The third kappa shape index (κ3) is 3.55. The van der Waals surface area contributed by atoms with Gasteiger partial charge < -0.3 is 10.4 Å². The fourth-order valence-corrected chi connectivity index (χ4v) is 2.60. The van der Waals surface area contributed by atoms with Crippen LogP contribution in [0, 0.1) is 6.92 Å². The first kappa shape index (κ1) is 14.5. The molecule has 20 heavy (non-hydrogen) atoms. The Morgan fingerprint density at radius 2 is 2.10 bits per heavy atom. The van der Waals surface area contributed by atoms with Crippen molar-refractivity contribution in [2.75, 3.05) is 10.6 Å². The number of hydrogen-bond acceptors (Lipinski definition) is 4. The fourth-order valence-electron chi connectivity index (χ4n) is 1.50. The van der Waals surface area contributed by atoms with E-state index in [0.717, 1.165) is 3.79 Å². The summed E-state index contributed by atoms with van der Waals surface area (Å²) in [4.78, 5) is 26.6. The number of carboxylic acids is 1. The number of nitrogens with zero attached hydrogens (tertiary/aromatic N) is 1. The van der Waals surface area contributed by atoms with E-state index in [2.05, 4.69) is 31.5 Å². The van der Waals surface area contributed by atoms with Gasteiger partial charge in [0.2, 0.25) is 0 Å². The zero-order valence-corrected chi connectivity index (χ0v) is 12.7. The normalized spacial score (nSPS) is 10.1.